The number of imidazole rings is 1. The Morgan fingerprint density at radius 2 is 1.94 bits per heavy atom. The average molecular weight is 490 g/mol. The third-order valence-corrected chi connectivity index (χ3v) is 7.44. The molecule has 0 unspecified atom stereocenters. The summed E-state index contributed by atoms with van der Waals surface area (Å²) >= 11 is 0. The third kappa shape index (κ3) is 4.21. The molecule has 1 aliphatic carbocycles. The van der Waals surface area contributed by atoms with Crippen LogP contribution in [0, 0.1) is 5.82 Å². The largest absolute Gasteiger partial charge is 0.496 e. The Bertz CT molecular complexity index is 1190. The lowest BCUT2D eigenvalue weighted by Crippen LogP contribution is -2.39. The second kappa shape index (κ2) is 8.95. The van der Waals surface area contributed by atoms with E-state index in [9.17, 15) is 17.6 Å². The van der Waals surface area contributed by atoms with Crippen molar-refractivity contribution in [3.05, 3.63) is 77.6 Å². The van der Waals surface area contributed by atoms with Crippen LogP contribution < -0.4 is 10.1 Å². The zero-order valence-corrected chi connectivity index (χ0v) is 19.5. The highest BCUT2D eigenvalue weighted by Gasteiger charge is 2.54. The Morgan fingerprint density at radius 3 is 2.63 bits per heavy atom. The van der Waals surface area contributed by atoms with Crippen molar-refractivity contribution in [2.24, 2.45) is 0 Å². The van der Waals surface area contributed by atoms with Gasteiger partial charge < -0.3 is 14.8 Å². The van der Waals surface area contributed by atoms with Crippen molar-refractivity contribution in [1.82, 2.24) is 14.9 Å². The summed E-state index contributed by atoms with van der Waals surface area (Å²) in [7, 11) is 3.47. The molecule has 0 bridgehead atoms. The van der Waals surface area contributed by atoms with E-state index < -0.39 is 17.6 Å². The first-order valence-corrected chi connectivity index (χ1v) is 11.6. The lowest BCUT2D eigenvalue weighted by atomic mass is 9.78. The molecule has 1 spiro atoms. The molecule has 2 fully saturated rings. The summed E-state index contributed by atoms with van der Waals surface area (Å²) < 4.78 is 67.1. The van der Waals surface area contributed by atoms with Crippen LogP contribution in [-0.2, 0) is 10.9 Å². The maximum atomic E-state index is 13.6. The van der Waals surface area contributed by atoms with E-state index in [4.69, 9.17) is 9.47 Å². The van der Waals surface area contributed by atoms with E-state index in [2.05, 4.69) is 10.3 Å². The van der Waals surface area contributed by atoms with Crippen LogP contribution in [0.2, 0.25) is 0 Å². The number of nitrogens with zero attached hydrogens (tertiary/aromatic N) is 2. The number of halogens is 4. The van der Waals surface area contributed by atoms with Gasteiger partial charge in [0.2, 0.25) is 5.82 Å². The van der Waals surface area contributed by atoms with Gasteiger partial charge in [0.05, 0.1) is 19.3 Å². The van der Waals surface area contributed by atoms with Crippen LogP contribution in [0.4, 0.5) is 17.6 Å². The molecule has 2 aromatic carbocycles. The van der Waals surface area contributed by atoms with Crippen molar-refractivity contribution >= 4 is 0 Å². The number of likely N-dealkylation sites (N-methyl/N-ethyl adjacent to an activating group) is 1. The quantitative estimate of drug-likeness (QED) is 0.485. The van der Waals surface area contributed by atoms with Crippen LogP contribution in [-0.4, -0.2) is 42.0 Å². The van der Waals surface area contributed by atoms with E-state index in [1.807, 2.05) is 19.2 Å². The zero-order chi connectivity index (χ0) is 24.8. The average Bonchev–Trinajstić information content (AvgIpc) is 3.58. The lowest BCUT2D eigenvalue weighted by molar-refractivity contribution is -0.145. The molecule has 1 saturated carbocycles. The van der Waals surface area contributed by atoms with Gasteiger partial charge in [0, 0.05) is 41.5 Å². The molecule has 0 radical (unpaired) electrons. The molecular weight excluding hydrogens is 462 g/mol. The molecule has 5 rings (SSSR count). The lowest BCUT2D eigenvalue weighted by Gasteiger charge is -2.34. The van der Waals surface area contributed by atoms with Crippen molar-refractivity contribution in [2.75, 3.05) is 20.8 Å². The van der Waals surface area contributed by atoms with Crippen LogP contribution in [0.3, 0.4) is 0 Å². The zero-order valence-electron chi connectivity index (χ0n) is 19.5. The minimum atomic E-state index is -4.57. The van der Waals surface area contributed by atoms with Gasteiger partial charge in [0.1, 0.15) is 11.6 Å². The summed E-state index contributed by atoms with van der Waals surface area (Å²) in [5, 5.41) is 3.39. The predicted octanol–water partition coefficient (Wildman–Crippen LogP) is 5.45. The fourth-order valence-corrected chi connectivity index (χ4v) is 5.91. The fraction of sp³-hybridized carbons (Fsp3) is 0.423. The van der Waals surface area contributed by atoms with Gasteiger partial charge in [-0.3, -0.25) is 4.57 Å². The first kappa shape index (κ1) is 23.8. The number of benzene rings is 2. The molecular formula is C26H27F4N3O2. The molecule has 3 aromatic rings. The summed E-state index contributed by atoms with van der Waals surface area (Å²) in [6.07, 6.45) is 0.303. The molecule has 2 aliphatic rings. The van der Waals surface area contributed by atoms with Gasteiger partial charge in [-0.2, -0.15) is 13.2 Å². The summed E-state index contributed by atoms with van der Waals surface area (Å²) in [5.41, 5.74) is 1.72. The Morgan fingerprint density at radius 1 is 1.17 bits per heavy atom. The van der Waals surface area contributed by atoms with Crippen molar-refractivity contribution in [3.63, 3.8) is 0 Å². The topological polar surface area (TPSA) is 48.3 Å². The minimum Gasteiger partial charge on any atom is -0.496 e. The third-order valence-electron chi connectivity index (χ3n) is 7.44. The normalized spacial score (nSPS) is 26.5. The number of hydrogen-bond donors (Lipinski definition) is 1. The molecule has 1 aliphatic heterocycles. The summed E-state index contributed by atoms with van der Waals surface area (Å²) in [6, 6.07) is 11.8. The molecule has 1 aromatic heterocycles. The number of nitrogens with one attached hydrogen (secondary N) is 1. The molecule has 9 heteroatoms. The van der Waals surface area contributed by atoms with Crippen LogP contribution in [0.1, 0.15) is 48.0 Å². The second-order valence-corrected chi connectivity index (χ2v) is 9.28. The van der Waals surface area contributed by atoms with E-state index in [-0.39, 0.29) is 23.7 Å². The molecule has 5 nitrogen and oxygen atoms in total. The van der Waals surface area contributed by atoms with Crippen LogP contribution in [0.25, 0.3) is 5.69 Å². The Hall–Kier alpha value is -2.91. The number of hydrogen-bond acceptors (Lipinski definition) is 4. The minimum absolute atomic E-state index is 0.0257. The van der Waals surface area contributed by atoms with E-state index in [0.717, 1.165) is 34.7 Å². The number of aromatic nitrogens is 2. The van der Waals surface area contributed by atoms with E-state index in [1.54, 1.807) is 25.3 Å². The van der Waals surface area contributed by atoms with Gasteiger partial charge in [-0.25, -0.2) is 9.37 Å². The molecule has 0 amide bonds. The molecule has 2 heterocycles. The van der Waals surface area contributed by atoms with Crippen molar-refractivity contribution < 1.29 is 27.0 Å². The first-order chi connectivity index (χ1) is 16.8. The van der Waals surface area contributed by atoms with Crippen molar-refractivity contribution in [2.45, 2.75) is 48.9 Å². The van der Waals surface area contributed by atoms with Crippen LogP contribution in [0.15, 0.2) is 54.9 Å². The van der Waals surface area contributed by atoms with E-state index >= 15 is 0 Å². The van der Waals surface area contributed by atoms with Gasteiger partial charge in [0.15, 0.2) is 0 Å². The Labute approximate surface area is 201 Å². The first-order valence-electron chi connectivity index (χ1n) is 11.6. The van der Waals surface area contributed by atoms with Crippen LogP contribution in [0.5, 0.6) is 5.75 Å². The molecule has 1 N–H and O–H groups in total. The molecule has 186 valence electrons. The monoisotopic (exact) mass is 489 g/mol. The maximum absolute atomic E-state index is 13.6. The van der Waals surface area contributed by atoms with Crippen molar-refractivity contribution in [1.29, 1.82) is 0 Å². The number of methoxy groups -OCH3 is 1. The predicted molar refractivity (Wildman–Crippen MR) is 122 cm³/mol. The molecule has 1 saturated heterocycles. The fourth-order valence-electron chi connectivity index (χ4n) is 5.91. The highest BCUT2D eigenvalue weighted by Crippen LogP contribution is 2.54. The van der Waals surface area contributed by atoms with Gasteiger partial charge in [0.25, 0.3) is 0 Å². The smallest absolute Gasteiger partial charge is 0.450 e. The Kier molecular flexibility index (Phi) is 6.09. The SMILES string of the molecule is CN[C@H]1CC[C@@]2(C[C@@H](c3cc(-n4ccnc4C(F)(F)F)ccc3OC)CO2)[C@@H]1c1ccc(F)cc1. The summed E-state index contributed by atoms with van der Waals surface area (Å²) in [5.74, 6) is -0.697. The number of ether oxygens (including phenoxy) is 2. The highest BCUT2D eigenvalue weighted by atomic mass is 19.4. The number of rotatable bonds is 5. The van der Waals surface area contributed by atoms with E-state index in [1.165, 1.54) is 18.3 Å². The Balaban J connectivity index is 1.50. The van der Waals surface area contributed by atoms with Crippen molar-refractivity contribution in [3.8, 4) is 11.4 Å². The van der Waals surface area contributed by atoms with Crippen LogP contribution >= 0.6 is 0 Å². The molecule has 35 heavy (non-hydrogen) atoms. The molecule has 4 atom stereocenters. The number of alkyl halides is 3. The van der Waals surface area contributed by atoms with Gasteiger partial charge >= 0.3 is 6.18 Å². The standard InChI is InChI=1S/C26H27F4N3O2/c1-31-21-9-10-25(23(21)16-3-5-18(27)6-4-16)14-17(15-35-25)20-13-19(7-8-22(20)34-2)33-12-11-32-24(33)26(28,29)30/h3-8,11-13,17,21,23,31H,9-10,14-15H2,1-2H3/t17-,21+,23-,25-/m1/s1. The highest BCUT2D eigenvalue weighted by molar-refractivity contribution is 5.48. The van der Waals surface area contributed by atoms with E-state index in [0.29, 0.717) is 24.5 Å². The van der Waals surface area contributed by atoms with Gasteiger partial charge in [-0.15, -0.1) is 0 Å². The van der Waals surface area contributed by atoms with Gasteiger partial charge in [-0.05, 0) is 62.2 Å². The maximum Gasteiger partial charge on any atom is 0.450 e. The van der Waals surface area contributed by atoms with Gasteiger partial charge in [-0.1, -0.05) is 12.1 Å². The second-order valence-electron chi connectivity index (χ2n) is 9.28. The summed E-state index contributed by atoms with van der Waals surface area (Å²) in [6.45, 7) is 0.421. The summed E-state index contributed by atoms with van der Waals surface area (Å²) in [4.78, 5) is 3.51.